The van der Waals surface area contributed by atoms with E-state index in [9.17, 15) is 43.5 Å². The molecule has 5 unspecified atom stereocenters. The molecule has 4 N–H and O–H groups in total. The molecule has 0 aromatic heterocycles. The van der Waals surface area contributed by atoms with E-state index in [2.05, 4.69) is 197 Å². The molecule has 5 atom stereocenters. The first kappa shape index (κ1) is 107. The fourth-order valence-corrected chi connectivity index (χ4v) is 12.8. The van der Waals surface area contributed by atoms with Gasteiger partial charge in [-0.3, -0.25) is 32.5 Å². The van der Waals surface area contributed by atoms with Crippen molar-refractivity contribution in [1.82, 2.24) is 0 Å². The number of carbonyl (C=O) groups excluding carboxylic acids is 3. The molecule has 18 heteroatoms. The van der Waals surface area contributed by atoms with E-state index in [0.717, 1.165) is 148 Å². The maximum absolute atomic E-state index is 13.0. The lowest BCUT2D eigenvalue weighted by Gasteiger charge is -2.21. The van der Waals surface area contributed by atoms with Crippen LogP contribution in [0.25, 0.3) is 0 Å². The fraction of sp³-hybridized carbons (Fsp3) is 0.632. The standard InChI is InChI=1S/C95H156O16P2/c1-4-7-10-13-16-19-22-25-28-31-34-36-38-40-41-42-43-44-45-46-47-49-51-52-55-57-60-63-66-69-72-75-78-81-93(98)105-84-90(96)85-107-112(101,102)108-86-91(97)87-109-113(103,104)110-89-92(111-95(100)83-80-77-74-71-68-65-62-59-54-33-30-27-24-21-18-15-12-9-6-3)88-106-94(99)82-79-76-73-70-67-64-61-58-56-53-50-48-39-37-35-32-29-26-23-20-17-14-11-8-5-2/h7,9-10,12,16-21,25-30,34-37,40-41,43-44,48,50,54,59,65,68,74,77,90-92,96-97H,4-6,8,11,13-15,22-24,31-33,38-39,42,45-47,49,51-53,55-58,60-64,66-67,69-73,75-76,78-89H2,1-3H3,(H,101,102)(H,103,104)/b10-7-,12-9-,19-16-,20-17-,21-18-,28-25-,29-26-,30-27-,36-34-,37-35-,41-40-,44-43-,50-48-,59-54-,68-65-,77-74-. The highest BCUT2D eigenvalue weighted by molar-refractivity contribution is 7.47. The summed E-state index contributed by atoms with van der Waals surface area (Å²) in [4.78, 5) is 58.8. The molecule has 0 heterocycles. The average Bonchev–Trinajstić information content (AvgIpc) is 0.900. The van der Waals surface area contributed by atoms with Gasteiger partial charge in [-0.25, -0.2) is 9.13 Å². The van der Waals surface area contributed by atoms with Gasteiger partial charge in [0.05, 0.1) is 26.4 Å². The molecule has 0 aliphatic heterocycles. The molecule has 0 bridgehead atoms. The Balaban J connectivity index is 4.60. The summed E-state index contributed by atoms with van der Waals surface area (Å²) in [5.41, 5.74) is 0. The number of allylic oxidation sites excluding steroid dienone is 32. The van der Waals surface area contributed by atoms with Crippen molar-refractivity contribution >= 4 is 33.6 Å². The Morgan fingerprint density at radius 2 is 0.487 bits per heavy atom. The number of esters is 3. The van der Waals surface area contributed by atoms with Gasteiger partial charge in [0.1, 0.15) is 25.4 Å². The van der Waals surface area contributed by atoms with E-state index in [-0.39, 0.29) is 19.3 Å². The molecule has 0 radical (unpaired) electrons. The maximum Gasteiger partial charge on any atom is 0.472 e. The van der Waals surface area contributed by atoms with Gasteiger partial charge in [-0.2, -0.15) is 0 Å². The molecular formula is C95H156O16P2. The second kappa shape index (κ2) is 85.8. The van der Waals surface area contributed by atoms with Crippen molar-refractivity contribution in [2.45, 2.75) is 347 Å². The number of carbonyl (C=O) groups is 3. The normalized spacial score (nSPS) is 14.8. The highest BCUT2D eigenvalue weighted by atomic mass is 31.2. The molecule has 0 aliphatic rings. The van der Waals surface area contributed by atoms with Crippen LogP contribution in [0.4, 0.5) is 0 Å². The summed E-state index contributed by atoms with van der Waals surface area (Å²) in [5, 5.41) is 20.7. The molecule has 642 valence electrons. The van der Waals surface area contributed by atoms with Gasteiger partial charge >= 0.3 is 33.6 Å². The Morgan fingerprint density at radius 3 is 0.779 bits per heavy atom. The monoisotopic (exact) mass is 1620 g/mol. The molecule has 113 heavy (non-hydrogen) atoms. The third kappa shape index (κ3) is 87.1. The van der Waals surface area contributed by atoms with E-state index in [0.29, 0.717) is 25.7 Å². The predicted octanol–water partition coefficient (Wildman–Crippen LogP) is 26.7. The molecule has 0 rings (SSSR count). The fourth-order valence-electron chi connectivity index (χ4n) is 11.2. The number of hydrogen-bond donors (Lipinski definition) is 4. The van der Waals surface area contributed by atoms with Crippen molar-refractivity contribution in [3.63, 3.8) is 0 Å². The Bertz CT molecular complexity index is 2830. The van der Waals surface area contributed by atoms with Crippen molar-refractivity contribution in [2.75, 3.05) is 39.6 Å². The van der Waals surface area contributed by atoms with Crippen LogP contribution in [0, 0.1) is 0 Å². The second-order valence-corrected chi connectivity index (χ2v) is 31.5. The number of phosphoric acid groups is 2. The number of rotatable bonds is 81. The summed E-state index contributed by atoms with van der Waals surface area (Å²) in [5.74, 6) is -1.69. The molecule has 0 saturated carbocycles. The van der Waals surface area contributed by atoms with E-state index in [4.69, 9.17) is 32.3 Å². The largest absolute Gasteiger partial charge is 0.472 e. The third-order valence-electron chi connectivity index (χ3n) is 17.8. The molecule has 0 fully saturated rings. The molecule has 0 aromatic rings. The van der Waals surface area contributed by atoms with Gasteiger partial charge in [0, 0.05) is 19.3 Å². The van der Waals surface area contributed by atoms with Crippen molar-refractivity contribution in [3.05, 3.63) is 194 Å². The predicted molar refractivity (Wildman–Crippen MR) is 472 cm³/mol. The van der Waals surface area contributed by atoms with Crippen molar-refractivity contribution in [1.29, 1.82) is 0 Å². The molecule has 16 nitrogen and oxygen atoms in total. The van der Waals surface area contributed by atoms with Crippen LogP contribution in [0.5, 0.6) is 0 Å². The van der Waals surface area contributed by atoms with Gasteiger partial charge < -0.3 is 34.2 Å². The first-order chi connectivity index (χ1) is 55.2. The van der Waals surface area contributed by atoms with Gasteiger partial charge in [-0.05, 0) is 154 Å². The lowest BCUT2D eigenvalue weighted by Crippen LogP contribution is -2.29. The SMILES string of the molecule is CC/C=C\C/C=C\C/C=C\C/C=C\C/C=C\C/C=C\CCCCCCCCCCCCCCCCC(=O)OCC(O)COP(=O)(O)OCC(O)COP(=O)(O)OCC(COC(=O)CCCCCCCCCCC/C=C\C/C=C\C/C=C\C/C=C\CCCCC)OC(=O)CC/C=C\C/C=C\C/C=C\C/C=C\C/C=C\C/C=C\CC. The molecular weight excluding hydrogens is 1460 g/mol. The van der Waals surface area contributed by atoms with Crippen LogP contribution in [0.3, 0.4) is 0 Å². The van der Waals surface area contributed by atoms with Crippen molar-refractivity contribution < 1.29 is 75.8 Å². The third-order valence-corrected chi connectivity index (χ3v) is 19.7. The van der Waals surface area contributed by atoms with Crippen LogP contribution < -0.4 is 0 Å². The number of hydrogen-bond acceptors (Lipinski definition) is 14. The zero-order chi connectivity index (χ0) is 82.2. The summed E-state index contributed by atoms with van der Waals surface area (Å²) in [6.07, 6.45) is 114. The summed E-state index contributed by atoms with van der Waals surface area (Å²) in [6, 6.07) is 0. The van der Waals surface area contributed by atoms with Crippen LogP contribution in [-0.2, 0) is 55.8 Å². The van der Waals surface area contributed by atoms with Crippen LogP contribution in [0.1, 0.15) is 329 Å². The highest BCUT2D eigenvalue weighted by Gasteiger charge is 2.29. The van der Waals surface area contributed by atoms with Crippen LogP contribution in [0.2, 0.25) is 0 Å². The van der Waals surface area contributed by atoms with Gasteiger partial charge in [0.25, 0.3) is 0 Å². The smallest absolute Gasteiger partial charge is 0.463 e. The average molecular weight is 1620 g/mol. The molecule has 0 aliphatic carbocycles. The second-order valence-electron chi connectivity index (χ2n) is 28.6. The summed E-state index contributed by atoms with van der Waals surface area (Å²) < 4.78 is 61.2. The van der Waals surface area contributed by atoms with E-state index in [1.54, 1.807) is 0 Å². The molecule has 0 aromatic carbocycles. The Hall–Kier alpha value is -5.61. The van der Waals surface area contributed by atoms with Crippen LogP contribution in [-0.4, -0.2) is 95.9 Å². The van der Waals surface area contributed by atoms with Gasteiger partial charge in [-0.1, -0.05) is 350 Å². The van der Waals surface area contributed by atoms with E-state index < -0.39 is 91.5 Å². The van der Waals surface area contributed by atoms with Crippen LogP contribution >= 0.6 is 15.6 Å². The number of phosphoric ester groups is 2. The van der Waals surface area contributed by atoms with Crippen molar-refractivity contribution in [2.24, 2.45) is 0 Å². The quantitative estimate of drug-likeness (QED) is 0.0146. The zero-order valence-corrected chi connectivity index (χ0v) is 72.3. The number of ether oxygens (including phenoxy) is 3. The Kier molecular flexibility index (Phi) is 81.5. The summed E-state index contributed by atoms with van der Waals surface area (Å²) >= 11 is 0. The van der Waals surface area contributed by atoms with E-state index >= 15 is 0 Å². The number of aliphatic hydroxyl groups excluding tert-OH is 2. The number of aliphatic hydroxyl groups is 2. The topological polar surface area (TPSA) is 231 Å². The molecule has 0 amide bonds. The van der Waals surface area contributed by atoms with Crippen molar-refractivity contribution in [3.8, 4) is 0 Å². The highest BCUT2D eigenvalue weighted by Crippen LogP contribution is 2.45. The van der Waals surface area contributed by atoms with Gasteiger partial charge in [0.2, 0.25) is 0 Å². The van der Waals surface area contributed by atoms with Gasteiger partial charge in [-0.15, -0.1) is 0 Å². The first-order valence-electron chi connectivity index (χ1n) is 43.7. The first-order valence-corrected chi connectivity index (χ1v) is 46.7. The Labute approximate surface area is 687 Å². The Morgan fingerprint density at radius 1 is 0.257 bits per heavy atom. The summed E-state index contributed by atoms with van der Waals surface area (Å²) in [7, 11) is -9.84. The minimum Gasteiger partial charge on any atom is -0.463 e. The molecule has 0 spiro atoms. The number of unbranched alkanes of at least 4 members (excludes halogenated alkanes) is 26. The zero-order valence-electron chi connectivity index (χ0n) is 70.5. The lowest BCUT2D eigenvalue weighted by atomic mass is 10.0. The van der Waals surface area contributed by atoms with Gasteiger partial charge in [0.15, 0.2) is 6.10 Å². The minimum absolute atomic E-state index is 0.0282. The molecule has 0 saturated heterocycles. The van der Waals surface area contributed by atoms with E-state index in [1.807, 2.05) is 18.2 Å². The van der Waals surface area contributed by atoms with Crippen LogP contribution in [0.15, 0.2) is 194 Å². The lowest BCUT2D eigenvalue weighted by molar-refractivity contribution is -0.161. The maximum atomic E-state index is 13.0. The minimum atomic E-state index is -4.97. The van der Waals surface area contributed by atoms with E-state index in [1.165, 1.54) is 116 Å². The summed E-state index contributed by atoms with van der Waals surface area (Å²) in [6.45, 7) is 2.33.